The molecule has 1 heterocycles. The van der Waals surface area contributed by atoms with E-state index in [-0.39, 0.29) is 24.8 Å². The molecule has 86 valence electrons. The first-order valence-corrected chi connectivity index (χ1v) is 4.91. The Morgan fingerprint density at radius 1 is 1.53 bits per heavy atom. The molecular formula is C9H16N2O4. The van der Waals surface area contributed by atoms with E-state index in [2.05, 4.69) is 0 Å². The maximum atomic E-state index is 10.6. The van der Waals surface area contributed by atoms with Gasteiger partial charge in [-0.15, -0.1) is 0 Å². The molecule has 1 fully saturated rings. The Balaban J connectivity index is 2.42. The number of hydrogen-bond acceptors (Lipinski definition) is 4. The zero-order valence-corrected chi connectivity index (χ0v) is 8.52. The number of morpholine rings is 1. The highest BCUT2D eigenvalue weighted by Crippen LogP contribution is 2.10. The predicted octanol–water partition coefficient (Wildman–Crippen LogP) is -0.963. The quantitative estimate of drug-likeness (QED) is 0.617. The van der Waals surface area contributed by atoms with Crippen LogP contribution in [0.3, 0.4) is 0 Å². The molecule has 0 aromatic heterocycles. The number of aliphatic carboxylic acids is 1. The maximum absolute atomic E-state index is 10.6. The molecule has 6 nitrogen and oxygen atoms in total. The summed E-state index contributed by atoms with van der Waals surface area (Å²) in [6.45, 7) is 2.15. The summed E-state index contributed by atoms with van der Waals surface area (Å²) in [5.41, 5.74) is 5.04. The number of carbonyl (C=O) groups excluding carboxylic acids is 1. The van der Waals surface area contributed by atoms with Gasteiger partial charge < -0.3 is 15.6 Å². The molecule has 6 heteroatoms. The van der Waals surface area contributed by atoms with Gasteiger partial charge in [0, 0.05) is 25.6 Å². The van der Waals surface area contributed by atoms with Crippen LogP contribution >= 0.6 is 0 Å². The smallest absolute Gasteiger partial charge is 0.305 e. The summed E-state index contributed by atoms with van der Waals surface area (Å²) in [6.07, 6.45) is 0.300. The fourth-order valence-corrected chi connectivity index (χ4v) is 1.63. The Morgan fingerprint density at radius 2 is 2.27 bits per heavy atom. The molecule has 1 aliphatic rings. The van der Waals surface area contributed by atoms with Gasteiger partial charge >= 0.3 is 5.97 Å². The molecule has 0 radical (unpaired) electrons. The van der Waals surface area contributed by atoms with Crippen molar-refractivity contribution in [2.24, 2.45) is 5.73 Å². The molecule has 1 atom stereocenters. The van der Waals surface area contributed by atoms with Crippen LogP contribution in [0, 0.1) is 0 Å². The van der Waals surface area contributed by atoms with Crippen LogP contribution in [0.25, 0.3) is 0 Å². The fraction of sp³-hybridized carbons (Fsp3) is 0.778. The second kappa shape index (κ2) is 5.67. The van der Waals surface area contributed by atoms with Crippen molar-refractivity contribution in [2.45, 2.75) is 18.9 Å². The van der Waals surface area contributed by atoms with Crippen molar-refractivity contribution >= 4 is 11.9 Å². The van der Waals surface area contributed by atoms with Crippen molar-refractivity contribution < 1.29 is 19.4 Å². The second-order valence-electron chi connectivity index (χ2n) is 3.58. The average molecular weight is 216 g/mol. The van der Waals surface area contributed by atoms with E-state index >= 15 is 0 Å². The second-order valence-corrected chi connectivity index (χ2v) is 3.58. The van der Waals surface area contributed by atoms with Gasteiger partial charge in [-0.2, -0.15) is 0 Å². The molecule has 0 aliphatic carbocycles. The molecule has 1 amide bonds. The van der Waals surface area contributed by atoms with Gasteiger partial charge in [-0.25, -0.2) is 0 Å². The highest BCUT2D eigenvalue weighted by atomic mass is 16.5. The van der Waals surface area contributed by atoms with Crippen LogP contribution in [-0.2, 0) is 14.3 Å². The van der Waals surface area contributed by atoms with Crippen LogP contribution in [-0.4, -0.2) is 54.2 Å². The highest BCUT2D eigenvalue weighted by Gasteiger charge is 2.25. The molecule has 0 bridgehead atoms. The number of amides is 1. The normalized spacial score (nSPS) is 22.5. The lowest BCUT2D eigenvalue weighted by Crippen LogP contribution is -2.47. The number of nitrogens with two attached hydrogens (primary N) is 1. The monoisotopic (exact) mass is 216 g/mol. The van der Waals surface area contributed by atoms with Gasteiger partial charge in [0.05, 0.1) is 19.6 Å². The Morgan fingerprint density at radius 3 is 2.87 bits per heavy atom. The summed E-state index contributed by atoms with van der Waals surface area (Å²) >= 11 is 0. The number of rotatable bonds is 5. The largest absolute Gasteiger partial charge is 0.481 e. The van der Waals surface area contributed by atoms with E-state index in [0.717, 1.165) is 0 Å². The zero-order chi connectivity index (χ0) is 11.3. The molecule has 3 N–H and O–H groups in total. The number of nitrogens with zero attached hydrogens (tertiary/aromatic N) is 1. The first-order valence-electron chi connectivity index (χ1n) is 4.91. The highest BCUT2D eigenvalue weighted by molar-refractivity contribution is 5.73. The lowest BCUT2D eigenvalue weighted by Gasteiger charge is -2.34. The number of carboxylic acids is 1. The number of hydrogen-bond donors (Lipinski definition) is 2. The lowest BCUT2D eigenvalue weighted by molar-refractivity contribution is -0.140. The number of carboxylic acid groups (broad SMARTS) is 1. The molecule has 1 aliphatic heterocycles. The summed E-state index contributed by atoms with van der Waals surface area (Å²) < 4.78 is 5.20. The van der Waals surface area contributed by atoms with Crippen LogP contribution in [0.5, 0.6) is 0 Å². The standard InChI is InChI=1S/C9H16N2O4/c10-8(12)1-2-11-3-4-15-6-7(11)5-9(13)14/h7H,1-6H2,(H2,10,12)(H,13,14). The Bertz CT molecular complexity index is 244. The third-order valence-electron chi connectivity index (χ3n) is 2.41. The predicted molar refractivity (Wildman–Crippen MR) is 52.2 cm³/mol. The molecule has 0 spiro atoms. The van der Waals surface area contributed by atoms with Crippen LogP contribution < -0.4 is 5.73 Å². The number of ether oxygens (including phenoxy) is 1. The number of primary amides is 1. The topological polar surface area (TPSA) is 92.9 Å². The van der Waals surface area contributed by atoms with Crippen molar-refractivity contribution in [3.63, 3.8) is 0 Å². The van der Waals surface area contributed by atoms with Crippen molar-refractivity contribution in [1.82, 2.24) is 4.90 Å². The number of carbonyl (C=O) groups is 2. The molecular weight excluding hydrogens is 200 g/mol. The van der Waals surface area contributed by atoms with Crippen LogP contribution in [0.1, 0.15) is 12.8 Å². The van der Waals surface area contributed by atoms with Crippen molar-refractivity contribution in [3.8, 4) is 0 Å². The van der Waals surface area contributed by atoms with Gasteiger partial charge in [0.2, 0.25) is 5.91 Å². The van der Waals surface area contributed by atoms with E-state index in [0.29, 0.717) is 26.3 Å². The summed E-state index contributed by atoms with van der Waals surface area (Å²) in [6, 6.07) is -0.143. The summed E-state index contributed by atoms with van der Waals surface area (Å²) in [5.74, 6) is -1.22. The van der Waals surface area contributed by atoms with Crippen molar-refractivity contribution in [3.05, 3.63) is 0 Å². The minimum absolute atomic E-state index is 0.0404. The molecule has 1 unspecified atom stereocenters. The molecule has 15 heavy (non-hydrogen) atoms. The van der Waals surface area contributed by atoms with E-state index in [4.69, 9.17) is 15.6 Å². The lowest BCUT2D eigenvalue weighted by atomic mass is 10.1. The summed E-state index contributed by atoms with van der Waals surface area (Å²) in [4.78, 5) is 23.1. The van der Waals surface area contributed by atoms with E-state index < -0.39 is 5.97 Å². The fourth-order valence-electron chi connectivity index (χ4n) is 1.63. The first-order chi connectivity index (χ1) is 7.09. The van der Waals surface area contributed by atoms with Crippen LogP contribution in [0.15, 0.2) is 0 Å². The van der Waals surface area contributed by atoms with E-state index in [1.54, 1.807) is 0 Å². The van der Waals surface area contributed by atoms with Crippen molar-refractivity contribution in [1.29, 1.82) is 0 Å². The third-order valence-corrected chi connectivity index (χ3v) is 2.41. The Labute approximate surface area is 88.0 Å². The van der Waals surface area contributed by atoms with E-state index in [1.807, 2.05) is 4.90 Å². The van der Waals surface area contributed by atoms with Gasteiger partial charge in [-0.3, -0.25) is 14.5 Å². The first kappa shape index (κ1) is 11.9. The van der Waals surface area contributed by atoms with Gasteiger partial charge in [-0.05, 0) is 0 Å². The van der Waals surface area contributed by atoms with Crippen LogP contribution in [0.2, 0.25) is 0 Å². The Kier molecular flexibility index (Phi) is 4.51. The molecule has 1 rings (SSSR count). The van der Waals surface area contributed by atoms with Gasteiger partial charge in [0.1, 0.15) is 0 Å². The van der Waals surface area contributed by atoms with Gasteiger partial charge in [0.15, 0.2) is 0 Å². The van der Waals surface area contributed by atoms with Crippen LogP contribution in [0.4, 0.5) is 0 Å². The average Bonchev–Trinajstić information content (AvgIpc) is 2.15. The van der Waals surface area contributed by atoms with Crippen molar-refractivity contribution in [2.75, 3.05) is 26.3 Å². The minimum Gasteiger partial charge on any atom is -0.481 e. The molecule has 0 aromatic rings. The third kappa shape index (κ3) is 4.26. The molecule has 1 saturated heterocycles. The zero-order valence-electron chi connectivity index (χ0n) is 8.52. The summed E-state index contributed by atoms with van der Waals surface area (Å²) in [7, 11) is 0. The van der Waals surface area contributed by atoms with E-state index in [9.17, 15) is 9.59 Å². The van der Waals surface area contributed by atoms with Gasteiger partial charge in [-0.1, -0.05) is 0 Å². The molecule has 0 aromatic carbocycles. The van der Waals surface area contributed by atoms with Gasteiger partial charge in [0.25, 0.3) is 0 Å². The Hall–Kier alpha value is -1.14. The SMILES string of the molecule is NC(=O)CCN1CCOCC1CC(=O)O. The minimum atomic E-state index is -0.852. The molecule has 0 saturated carbocycles. The summed E-state index contributed by atoms with van der Waals surface area (Å²) in [5, 5.41) is 8.69. The maximum Gasteiger partial charge on any atom is 0.305 e. The van der Waals surface area contributed by atoms with E-state index in [1.165, 1.54) is 0 Å².